The minimum atomic E-state index is -4.28. The highest BCUT2D eigenvalue weighted by atomic mass is 19.4. The molecule has 0 spiro atoms. The smallest absolute Gasteiger partial charge is 0.381 e. The van der Waals surface area contributed by atoms with E-state index in [1.54, 1.807) is 12.1 Å². The van der Waals surface area contributed by atoms with Gasteiger partial charge in [-0.15, -0.1) is 0 Å². The van der Waals surface area contributed by atoms with Crippen molar-refractivity contribution in [3.05, 3.63) is 65.7 Å². The summed E-state index contributed by atoms with van der Waals surface area (Å²) in [5.41, 5.74) is 1.09. The van der Waals surface area contributed by atoms with E-state index < -0.39 is 11.7 Å². The van der Waals surface area contributed by atoms with Gasteiger partial charge in [-0.25, -0.2) is 0 Å². The van der Waals surface area contributed by atoms with Crippen LogP contribution in [0.4, 0.5) is 18.9 Å². The van der Waals surface area contributed by atoms with Gasteiger partial charge in [-0.1, -0.05) is 24.3 Å². The molecule has 1 N–H and O–H groups in total. The molecule has 1 nitrogen and oxygen atoms in total. The van der Waals surface area contributed by atoms with Crippen molar-refractivity contribution in [1.29, 1.82) is 0 Å². The number of halogens is 3. The maximum absolute atomic E-state index is 12.4. The number of benzene rings is 2. The Hall–Kier alpha value is -1.97. The fourth-order valence-corrected chi connectivity index (χ4v) is 1.52. The standard InChI is InChI=1S/C14H11F3N/c15-14(16,17)12-8-6-11(7-9-12)10-18-13-4-2-1-3-5-13/h2-9,18H,10H2. The molecule has 0 aliphatic heterocycles. The molecular formula is C14H11F3N. The van der Waals surface area contributed by atoms with Crippen LogP contribution in [0.15, 0.2) is 48.5 Å². The summed E-state index contributed by atoms with van der Waals surface area (Å²) in [4.78, 5) is 0. The molecule has 2 aromatic rings. The van der Waals surface area contributed by atoms with Crippen molar-refractivity contribution >= 4 is 5.69 Å². The molecule has 93 valence electrons. The Morgan fingerprint density at radius 3 is 2.11 bits per heavy atom. The second kappa shape index (κ2) is 5.12. The maximum atomic E-state index is 12.4. The van der Waals surface area contributed by atoms with E-state index >= 15 is 0 Å². The summed E-state index contributed by atoms with van der Waals surface area (Å²) < 4.78 is 37.1. The summed E-state index contributed by atoms with van der Waals surface area (Å²) in [5, 5.41) is 3.12. The van der Waals surface area contributed by atoms with E-state index in [2.05, 4.69) is 11.4 Å². The Morgan fingerprint density at radius 2 is 1.56 bits per heavy atom. The number of rotatable bonds is 3. The molecule has 0 unspecified atom stereocenters. The fraction of sp³-hybridized carbons (Fsp3) is 0.143. The van der Waals surface area contributed by atoms with Crippen LogP contribution in [-0.4, -0.2) is 0 Å². The summed E-state index contributed by atoms with van der Waals surface area (Å²) in [6.45, 7) is 0.488. The van der Waals surface area contributed by atoms with Crippen molar-refractivity contribution < 1.29 is 13.2 Å². The number of hydrogen-bond acceptors (Lipinski definition) is 1. The Balaban J connectivity index is 1.99. The van der Waals surface area contributed by atoms with Gasteiger partial charge in [-0.2, -0.15) is 13.2 Å². The van der Waals surface area contributed by atoms with Crippen LogP contribution in [0, 0.1) is 6.07 Å². The number of alkyl halides is 3. The molecule has 2 rings (SSSR count). The summed E-state index contributed by atoms with van der Waals surface area (Å²) in [5.74, 6) is 0. The zero-order chi connectivity index (χ0) is 13.0. The molecule has 0 aliphatic carbocycles. The lowest BCUT2D eigenvalue weighted by atomic mass is 10.1. The van der Waals surface area contributed by atoms with Crippen molar-refractivity contribution in [2.45, 2.75) is 12.7 Å². The van der Waals surface area contributed by atoms with E-state index in [9.17, 15) is 13.2 Å². The van der Waals surface area contributed by atoms with Crippen LogP contribution in [0.3, 0.4) is 0 Å². The maximum Gasteiger partial charge on any atom is 0.416 e. The van der Waals surface area contributed by atoms with E-state index in [0.29, 0.717) is 6.54 Å². The highest BCUT2D eigenvalue weighted by Gasteiger charge is 2.29. The van der Waals surface area contributed by atoms with Gasteiger partial charge in [0.15, 0.2) is 0 Å². The van der Waals surface area contributed by atoms with Gasteiger partial charge in [-0.05, 0) is 35.9 Å². The molecule has 0 aromatic heterocycles. The summed E-state index contributed by atoms with van der Waals surface area (Å²) in [7, 11) is 0. The average Bonchev–Trinajstić information content (AvgIpc) is 2.37. The molecule has 0 heterocycles. The monoisotopic (exact) mass is 250 g/mol. The third-order valence-corrected chi connectivity index (χ3v) is 2.50. The lowest BCUT2D eigenvalue weighted by Crippen LogP contribution is -2.05. The van der Waals surface area contributed by atoms with Crippen molar-refractivity contribution in [2.75, 3.05) is 5.32 Å². The minimum absolute atomic E-state index is 0.488. The minimum Gasteiger partial charge on any atom is -0.381 e. The summed E-state index contributed by atoms with van der Waals surface area (Å²) in [6.07, 6.45) is -4.28. The Morgan fingerprint density at radius 1 is 0.944 bits per heavy atom. The number of nitrogens with one attached hydrogen (secondary N) is 1. The molecule has 18 heavy (non-hydrogen) atoms. The van der Waals surface area contributed by atoms with Crippen LogP contribution >= 0.6 is 0 Å². The molecule has 0 saturated carbocycles. The van der Waals surface area contributed by atoms with Crippen LogP contribution < -0.4 is 5.32 Å². The Kier molecular flexibility index (Phi) is 3.55. The molecule has 0 amide bonds. The van der Waals surface area contributed by atoms with Crippen LogP contribution in [0.2, 0.25) is 0 Å². The largest absolute Gasteiger partial charge is 0.416 e. The molecule has 2 aromatic carbocycles. The second-order valence-corrected chi connectivity index (χ2v) is 3.84. The van der Waals surface area contributed by atoms with Gasteiger partial charge in [0.1, 0.15) is 0 Å². The zero-order valence-electron chi connectivity index (χ0n) is 9.46. The van der Waals surface area contributed by atoms with Crippen molar-refractivity contribution in [3.63, 3.8) is 0 Å². The van der Waals surface area contributed by atoms with E-state index in [-0.39, 0.29) is 0 Å². The molecule has 0 fully saturated rings. The van der Waals surface area contributed by atoms with Crippen LogP contribution in [0.25, 0.3) is 0 Å². The van der Waals surface area contributed by atoms with Crippen LogP contribution in [0.5, 0.6) is 0 Å². The quantitative estimate of drug-likeness (QED) is 0.864. The van der Waals surface area contributed by atoms with Gasteiger partial charge >= 0.3 is 6.18 Å². The lowest BCUT2D eigenvalue weighted by molar-refractivity contribution is -0.137. The first-order valence-electron chi connectivity index (χ1n) is 5.42. The van der Waals surface area contributed by atoms with Gasteiger partial charge in [-0.3, -0.25) is 0 Å². The molecule has 0 atom stereocenters. The predicted molar refractivity (Wildman–Crippen MR) is 64.0 cm³/mol. The van der Waals surface area contributed by atoms with Crippen molar-refractivity contribution in [1.82, 2.24) is 0 Å². The summed E-state index contributed by atoms with van der Waals surface area (Å²) >= 11 is 0. The second-order valence-electron chi connectivity index (χ2n) is 3.84. The van der Waals surface area contributed by atoms with Gasteiger partial charge in [0.05, 0.1) is 5.56 Å². The summed E-state index contributed by atoms with van der Waals surface area (Å²) in [6, 6.07) is 15.3. The number of anilines is 1. The van der Waals surface area contributed by atoms with Gasteiger partial charge < -0.3 is 5.32 Å². The molecule has 1 radical (unpaired) electrons. The molecule has 0 bridgehead atoms. The highest BCUT2D eigenvalue weighted by molar-refractivity contribution is 5.43. The topological polar surface area (TPSA) is 12.0 Å². The Bertz CT molecular complexity index is 489. The SMILES string of the molecule is FC(F)(F)c1ccc(CNc2cc[c]cc2)cc1. The lowest BCUT2D eigenvalue weighted by Gasteiger charge is -2.09. The first-order chi connectivity index (χ1) is 8.55. The highest BCUT2D eigenvalue weighted by Crippen LogP contribution is 2.29. The molecule has 0 aliphatic rings. The van der Waals surface area contributed by atoms with E-state index in [0.717, 1.165) is 23.4 Å². The molecule has 4 heteroatoms. The van der Waals surface area contributed by atoms with Gasteiger partial charge in [0.2, 0.25) is 0 Å². The van der Waals surface area contributed by atoms with Gasteiger partial charge in [0, 0.05) is 12.2 Å². The van der Waals surface area contributed by atoms with Crippen LogP contribution in [0.1, 0.15) is 11.1 Å². The number of hydrogen-bond donors (Lipinski definition) is 1. The molecular weight excluding hydrogens is 239 g/mol. The Labute approximate surface area is 103 Å². The van der Waals surface area contributed by atoms with Crippen LogP contribution in [-0.2, 0) is 12.7 Å². The normalized spacial score (nSPS) is 11.3. The van der Waals surface area contributed by atoms with Crippen molar-refractivity contribution in [2.24, 2.45) is 0 Å². The third kappa shape index (κ3) is 3.26. The zero-order valence-corrected chi connectivity index (χ0v) is 9.46. The average molecular weight is 250 g/mol. The predicted octanol–water partition coefficient (Wildman–Crippen LogP) is 4.12. The first kappa shape index (κ1) is 12.5. The van der Waals surface area contributed by atoms with E-state index in [1.807, 2.05) is 12.1 Å². The first-order valence-corrected chi connectivity index (χ1v) is 5.42. The molecule has 0 saturated heterocycles. The third-order valence-electron chi connectivity index (χ3n) is 2.50. The fourth-order valence-electron chi connectivity index (χ4n) is 1.52. The van der Waals surface area contributed by atoms with E-state index in [4.69, 9.17) is 0 Å². The van der Waals surface area contributed by atoms with E-state index in [1.165, 1.54) is 12.1 Å². The van der Waals surface area contributed by atoms with Crippen molar-refractivity contribution in [3.8, 4) is 0 Å². The van der Waals surface area contributed by atoms with Gasteiger partial charge in [0.25, 0.3) is 0 Å².